The zero-order valence-electron chi connectivity index (χ0n) is 16.8. The molecule has 3 fully saturated rings. The maximum atomic E-state index is 12.9. The number of piperidine rings is 1. The van der Waals surface area contributed by atoms with E-state index in [9.17, 15) is 4.79 Å². The third-order valence-corrected chi connectivity index (χ3v) is 7.30. The fourth-order valence-electron chi connectivity index (χ4n) is 5.89. The van der Waals surface area contributed by atoms with E-state index in [1.807, 2.05) is 12.4 Å². The maximum Gasteiger partial charge on any atom is 0.232 e. The van der Waals surface area contributed by atoms with E-state index < -0.39 is 0 Å². The van der Waals surface area contributed by atoms with Gasteiger partial charge in [0, 0.05) is 24.5 Å². The van der Waals surface area contributed by atoms with Gasteiger partial charge < -0.3 is 4.90 Å². The van der Waals surface area contributed by atoms with Crippen LogP contribution in [0.15, 0.2) is 54.9 Å². The average molecular weight is 376 g/mol. The molecule has 1 aromatic carbocycles. The van der Waals surface area contributed by atoms with Crippen LogP contribution in [0.2, 0.25) is 0 Å². The summed E-state index contributed by atoms with van der Waals surface area (Å²) in [5, 5.41) is 0. The predicted octanol–water partition coefficient (Wildman–Crippen LogP) is 4.36. The van der Waals surface area contributed by atoms with E-state index in [1.165, 1.54) is 36.8 Å². The third-order valence-electron chi connectivity index (χ3n) is 7.30. The van der Waals surface area contributed by atoms with Gasteiger partial charge >= 0.3 is 0 Å². The molecule has 28 heavy (non-hydrogen) atoms. The molecule has 4 heteroatoms. The molecule has 0 saturated carbocycles. The first-order valence-corrected chi connectivity index (χ1v) is 10.6. The Morgan fingerprint density at radius 1 is 0.964 bits per heavy atom. The van der Waals surface area contributed by atoms with Crippen molar-refractivity contribution >= 4 is 5.91 Å². The smallest absolute Gasteiger partial charge is 0.232 e. The van der Waals surface area contributed by atoms with E-state index in [4.69, 9.17) is 0 Å². The molecular weight excluding hydrogens is 346 g/mol. The van der Waals surface area contributed by atoms with Gasteiger partial charge in [0.1, 0.15) is 0 Å². The molecule has 2 aromatic rings. The summed E-state index contributed by atoms with van der Waals surface area (Å²) in [6.07, 6.45) is 8.62. The van der Waals surface area contributed by atoms with Crippen LogP contribution in [-0.2, 0) is 4.79 Å². The minimum atomic E-state index is -0.331. The monoisotopic (exact) mass is 375 g/mol. The van der Waals surface area contributed by atoms with Crippen LogP contribution in [-0.4, -0.2) is 39.4 Å². The Balaban J connectivity index is 1.33. The summed E-state index contributed by atoms with van der Waals surface area (Å²) in [5.74, 6) is 0.938. The number of hydrogen-bond donors (Lipinski definition) is 0. The van der Waals surface area contributed by atoms with Crippen molar-refractivity contribution in [3.63, 3.8) is 0 Å². The van der Waals surface area contributed by atoms with Gasteiger partial charge in [-0.2, -0.15) is 0 Å². The molecule has 3 aliphatic rings. The van der Waals surface area contributed by atoms with Crippen LogP contribution in [0.4, 0.5) is 0 Å². The lowest BCUT2D eigenvalue weighted by Gasteiger charge is -2.55. The SMILES string of the molecule is CC1(C)C(=O)N(CN2[C@@H]3CC[C@H]2CC(c2ccccc2)C3)C1c1ccncc1. The number of aromatic nitrogens is 1. The molecule has 4 heterocycles. The van der Waals surface area contributed by atoms with Gasteiger partial charge in [-0.25, -0.2) is 0 Å². The summed E-state index contributed by atoms with van der Waals surface area (Å²) in [5.41, 5.74) is 2.35. The predicted molar refractivity (Wildman–Crippen MR) is 110 cm³/mol. The Labute approximate surface area is 167 Å². The Morgan fingerprint density at radius 3 is 2.25 bits per heavy atom. The van der Waals surface area contributed by atoms with Gasteiger partial charge in [0.25, 0.3) is 0 Å². The van der Waals surface area contributed by atoms with Crippen LogP contribution in [0.3, 0.4) is 0 Å². The summed E-state index contributed by atoms with van der Waals surface area (Å²) in [7, 11) is 0. The van der Waals surface area contributed by atoms with Gasteiger partial charge in [-0.3, -0.25) is 14.7 Å². The van der Waals surface area contributed by atoms with Crippen LogP contribution in [0.1, 0.15) is 62.6 Å². The fraction of sp³-hybridized carbons (Fsp3) is 0.500. The first-order chi connectivity index (χ1) is 13.6. The molecule has 2 bridgehead atoms. The average Bonchev–Trinajstić information content (AvgIpc) is 2.95. The molecule has 2 unspecified atom stereocenters. The summed E-state index contributed by atoms with van der Waals surface area (Å²) in [6, 6.07) is 16.4. The van der Waals surface area contributed by atoms with Crippen molar-refractivity contribution in [1.29, 1.82) is 0 Å². The van der Waals surface area contributed by atoms with E-state index in [0.29, 0.717) is 18.0 Å². The molecule has 1 aromatic heterocycles. The highest BCUT2D eigenvalue weighted by Crippen LogP contribution is 2.51. The van der Waals surface area contributed by atoms with Crippen molar-refractivity contribution in [3.8, 4) is 0 Å². The Hall–Kier alpha value is -2.20. The zero-order chi connectivity index (χ0) is 19.3. The third kappa shape index (κ3) is 2.77. The number of carbonyl (C=O) groups is 1. The molecule has 5 rings (SSSR count). The number of carbonyl (C=O) groups excluding carboxylic acids is 1. The first-order valence-electron chi connectivity index (χ1n) is 10.6. The summed E-state index contributed by atoms with van der Waals surface area (Å²) < 4.78 is 0. The number of benzene rings is 1. The molecule has 0 aliphatic carbocycles. The molecule has 0 N–H and O–H groups in total. The lowest BCUT2D eigenvalue weighted by Crippen LogP contribution is -2.64. The maximum absolute atomic E-state index is 12.9. The normalized spacial score (nSPS) is 31.6. The van der Waals surface area contributed by atoms with Gasteiger partial charge in [0.15, 0.2) is 0 Å². The van der Waals surface area contributed by atoms with Crippen LogP contribution in [0.5, 0.6) is 0 Å². The van der Waals surface area contributed by atoms with Crippen LogP contribution < -0.4 is 0 Å². The van der Waals surface area contributed by atoms with Crippen molar-refractivity contribution < 1.29 is 4.79 Å². The molecule has 0 spiro atoms. The van der Waals surface area contributed by atoms with E-state index in [1.54, 1.807) is 0 Å². The minimum absolute atomic E-state index is 0.147. The second kappa shape index (κ2) is 6.70. The second-order valence-corrected chi connectivity index (χ2v) is 9.30. The molecule has 3 aliphatic heterocycles. The van der Waals surface area contributed by atoms with Crippen LogP contribution in [0.25, 0.3) is 0 Å². The van der Waals surface area contributed by atoms with Gasteiger partial charge in [0.2, 0.25) is 5.91 Å². The van der Waals surface area contributed by atoms with E-state index >= 15 is 0 Å². The van der Waals surface area contributed by atoms with Crippen molar-refractivity contribution in [2.75, 3.05) is 6.67 Å². The first kappa shape index (κ1) is 17.9. The van der Waals surface area contributed by atoms with Gasteiger partial charge in [-0.15, -0.1) is 0 Å². The van der Waals surface area contributed by atoms with Crippen molar-refractivity contribution in [2.24, 2.45) is 5.41 Å². The summed E-state index contributed by atoms with van der Waals surface area (Å²) in [6.45, 7) is 4.92. The highest BCUT2D eigenvalue weighted by molar-refractivity contribution is 5.89. The largest absolute Gasteiger partial charge is 0.321 e. The summed E-state index contributed by atoms with van der Waals surface area (Å²) >= 11 is 0. The number of nitrogens with zero attached hydrogens (tertiary/aromatic N) is 3. The topological polar surface area (TPSA) is 36.4 Å². The summed E-state index contributed by atoms with van der Waals surface area (Å²) in [4.78, 5) is 21.8. The molecule has 146 valence electrons. The number of β-lactam (4-membered cyclic amide) rings is 1. The quantitative estimate of drug-likeness (QED) is 0.745. The van der Waals surface area contributed by atoms with E-state index in [-0.39, 0.29) is 17.4 Å². The van der Waals surface area contributed by atoms with E-state index in [2.05, 4.69) is 71.1 Å². The number of likely N-dealkylation sites (tertiary alicyclic amines) is 1. The lowest BCUT2D eigenvalue weighted by molar-refractivity contribution is -0.175. The number of pyridine rings is 1. The van der Waals surface area contributed by atoms with Crippen molar-refractivity contribution in [1.82, 2.24) is 14.8 Å². The molecule has 3 saturated heterocycles. The lowest BCUT2D eigenvalue weighted by atomic mass is 9.71. The van der Waals surface area contributed by atoms with Gasteiger partial charge in [-0.1, -0.05) is 30.3 Å². The molecule has 4 atom stereocenters. The van der Waals surface area contributed by atoms with Crippen molar-refractivity contribution in [2.45, 2.75) is 63.6 Å². The molecule has 4 nitrogen and oxygen atoms in total. The Bertz CT molecular complexity index is 837. The number of hydrogen-bond acceptors (Lipinski definition) is 3. The highest BCUT2D eigenvalue weighted by atomic mass is 16.2. The Morgan fingerprint density at radius 2 is 1.61 bits per heavy atom. The zero-order valence-corrected chi connectivity index (χ0v) is 16.8. The molecule has 0 radical (unpaired) electrons. The number of amides is 1. The Kier molecular flexibility index (Phi) is 4.27. The molecular formula is C24H29N3O. The highest BCUT2D eigenvalue weighted by Gasteiger charge is 2.56. The standard InChI is InChI=1S/C24H29N3O/c1-24(2)22(18-10-12-25-13-11-18)27(23(24)28)16-26-20-8-9-21(26)15-19(14-20)17-6-4-3-5-7-17/h3-7,10-13,19-22H,8-9,14-16H2,1-2H3/t19?,20-,21+,22?. The van der Waals surface area contributed by atoms with Gasteiger partial charge in [0.05, 0.1) is 18.1 Å². The second-order valence-electron chi connectivity index (χ2n) is 9.30. The fourth-order valence-corrected chi connectivity index (χ4v) is 5.89. The molecule has 1 amide bonds. The van der Waals surface area contributed by atoms with E-state index in [0.717, 1.165) is 6.67 Å². The number of rotatable bonds is 4. The van der Waals surface area contributed by atoms with Crippen LogP contribution in [0, 0.1) is 5.41 Å². The van der Waals surface area contributed by atoms with Gasteiger partial charge in [-0.05, 0) is 68.7 Å². The van der Waals surface area contributed by atoms with Crippen LogP contribution >= 0.6 is 0 Å². The van der Waals surface area contributed by atoms with Crippen molar-refractivity contribution in [3.05, 3.63) is 66.0 Å². The number of fused-ring (bicyclic) bond motifs is 2. The minimum Gasteiger partial charge on any atom is -0.321 e.